The van der Waals surface area contributed by atoms with Crippen LogP contribution in [0, 0.1) is 19.7 Å². The van der Waals surface area contributed by atoms with Gasteiger partial charge in [0.1, 0.15) is 5.82 Å². The number of rotatable bonds is 6. The van der Waals surface area contributed by atoms with Crippen molar-refractivity contribution in [3.63, 3.8) is 0 Å². The first-order chi connectivity index (χ1) is 12.9. The minimum absolute atomic E-state index is 0.0686. The predicted octanol–water partition coefficient (Wildman–Crippen LogP) is 4.94. The van der Waals surface area contributed by atoms with Crippen LogP contribution in [0.5, 0.6) is 0 Å². The van der Waals surface area contributed by atoms with Crippen molar-refractivity contribution in [1.82, 2.24) is 10.3 Å². The van der Waals surface area contributed by atoms with E-state index in [0.29, 0.717) is 0 Å². The van der Waals surface area contributed by atoms with Crippen molar-refractivity contribution in [3.05, 3.63) is 47.0 Å². The smallest absolute Gasteiger partial charge is 0.254 e. The molecule has 6 heteroatoms. The summed E-state index contributed by atoms with van der Waals surface area (Å²) < 4.78 is 14.4. The Hall–Kier alpha value is -2.34. The average molecular weight is 386 g/mol. The van der Waals surface area contributed by atoms with Crippen molar-refractivity contribution in [2.75, 3.05) is 5.32 Å². The van der Waals surface area contributed by atoms with Crippen molar-refractivity contribution >= 4 is 28.8 Å². The van der Waals surface area contributed by atoms with E-state index in [4.69, 9.17) is 12.2 Å². The number of nitrogens with zero attached hydrogens (tertiary/aromatic N) is 1. The monoisotopic (exact) mass is 385 g/mol. The van der Waals surface area contributed by atoms with Crippen LogP contribution in [-0.4, -0.2) is 21.9 Å². The number of hydrogen-bond acceptors (Lipinski definition) is 3. The molecule has 0 aliphatic heterocycles. The minimum atomic E-state index is -0.503. The molecule has 0 unspecified atom stereocenters. The number of pyridine rings is 1. The third-order valence-corrected chi connectivity index (χ3v) is 4.93. The van der Waals surface area contributed by atoms with Crippen LogP contribution in [0.1, 0.15) is 54.2 Å². The number of carbonyl (C=O) groups is 1. The highest BCUT2D eigenvalue weighted by Crippen LogP contribution is 2.29. The fraction of sp³-hybridized carbons (Fsp3) is 0.381. The molecule has 0 radical (unpaired) electrons. The molecule has 1 aromatic heterocycles. The summed E-state index contributed by atoms with van der Waals surface area (Å²) >= 11 is 5.36. The van der Waals surface area contributed by atoms with Gasteiger partial charge in [-0.3, -0.25) is 9.78 Å². The second-order valence-corrected chi connectivity index (χ2v) is 7.54. The number of aromatic nitrogens is 1. The molecule has 1 amide bonds. The van der Waals surface area contributed by atoms with Crippen LogP contribution in [0.15, 0.2) is 24.4 Å². The lowest BCUT2D eigenvalue weighted by Gasteiger charge is -2.14. The molecule has 0 saturated heterocycles. The first-order valence-electron chi connectivity index (χ1n) is 9.27. The van der Waals surface area contributed by atoms with E-state index < -0.39 is 5.82 Å². The summed E-state index contributed by atoms with van der Waals surface area (Å²) in [7, 11) is 0. The molecule has 1 aliphatic carbocycles. The quantitative estimate of drug-likeness (QED) is 0.692. The van der Waals surface area contributed by atoms with Gasteiger partial charge in [-0.15, -0.1) is 0 Å². The summed E-state index contributed by atoms with van der Waals surface area (Å²) in [6.45, 7) is 5.81. The van der Waals surface area contributed by atoms with Crippen LogP contribution in [0.2, 0.25) is 0 Å². The van der Waals surface area contributed by atoms with Crippen LogP contribution in [0.25, 0.3) is 11.1 Å². The number of halogens is 1. The van der Waals surface area contributed by atoms with Gasteiger partial charge in [-0.05, 0) is 68.9 Å². The highest BCUT2D eigenvalue weighted by atomic mass is 32.1. The maximum atomic E-state index is 14.4. The normalized spacial score (nSPS) is 13.3. The largest absolute Gasteiger partial charge is 0.349 e. The van der Waals surface area contributed by atoms with Crippen molar-refractivity contribution in [2.24, 2.45) is 0 Å². The molecule has 0 spiro atoms. The van der Waals surface area contributed by atoms with E-state index in [1.807, 2.05) is 19.9 Å². The molecular formula is C21H24FN3OS. The Kier molecular flexibility index (Phi) is 5.85. The van der Waals surface area contributed by atoms with Crippen molar-refractivity contribution in [1.29, 1.82) is 0 Å². The van der Waals surface area contributed by atoms with Crippen LogP contribution in [-0.2, 0) is 0 Å². The summed E-state index contributed by atoms with van der Waals surface area (Å²) in [4.78, 5) is 17.6. The van der Waals surface area contributed by atoms with Crippen LogP contribution in [0.4, 0.5) is 10.1 Å². The average Bonchev–Trinajstić information content (AvgIpc) is 3.41. The van der Waals surface area contributed by atoms with Gasteiger partial charge in [0.2, 0.25) is 0 Å². The van der Waals surface area contributed by atoms with E-state index in [-0.39, 0.29) is 17.5 Å². The van der Waals surface area contributed by atoms with E-state index >= 15 is 0 Å². The Morgan fingerprint density at radius 1 is 1.30 bits per heavy atom. The van der Waals surface area contributed by atoms with Gasteiger partial charge >= 0.3 is 0 Å². The van der Waals surface area contributed by atoms with Crippen molar-refractivity contribution in [2.45, 2.75) is 52.5 Å². The molecule has 0 atom stereocenters. The highest BCUT2D eigenvalue weighted by Gasteiger charge is 2.25. The molecule has 1 heterocycles. The maximum Gasteiger partial charge on any atom is 0.254 e. The standard InChI is InChI=1S/C21H24FN3OS/c1-4-5-20(27)25-19-9-14(11-23-13(19)3)16-10-17(18(22)8-12(16)2)21(26)24-15-6-7-15/h8-11,15H,4-7H2,1-3H3,(H,24,26)(H,25,27). The van der Waals surface area contributed by atoms with Gasteiger partial charge < -0.3 is 10.6 Å². The first kappa shape index (κ1) is 19.4. The predicted molar refractivity (Wildman–Crippen MR) is 111 cm³/mol. The summed E-state index contributed by atoms with van der Waals surface area (Å²) in [5, 5.41) is 6.09. The number of hydrogen-bond donors (Lipinski definition) is 2. The number of nitrogens with one attached hydrogen (secondary N) is 2. The summed E-state index contributed by atoms with van der Waals surface area (Å²) in [5.74, 6) is -0.865. The van der Waals surface area contributed by atoms with Crippen LogP contribution < -0.4 is 10.6 Å². The number of aryl methyl sites for hydroxylation is 2. The molecule has 27 heavy (non-hydrogen) atoms. The number of amides is 1. The lowest BCUT2D eigenvalue weighted by molar-refractivity contribution is 0.0947. The lowest BCUT2D eigenvalue weighted by atomic mass is 9.97. The Bertz CT molecular complexity index is 893. The van der Waals surface area contributed by atoms with E-state index in [9.17, 15) is 9.18 Å². The highest BCUT2D eigenvalue weighted by molar-refractivity contribution is 7.80. The number of thiocarbonyl (C=S) groups is 1. The topological polar surface area (TPSA) is 54.0 Å². The Morgan fingerprint density at radius 2 is 2.04 bits per heavy atom. The molecule has 2 aromatic rings. The van der Waals surface area contributed by atoms with E-state index in [2.05, 4.69) is 22.5 Å². The molecule has 0 bridgehead atoms. The van der Waals surface area contributed by atoms with Gasteiger partial charge in [-0.1, -0.05) is 19.1 Å². The molecule has 1 saturated carbocycles. The zero-order chi connectivity index (χ0) is 19.6. The molecule has 1 fully saturated rings. The summed E-state index contributed by atoms with van der Waals surface area (Å²) in [6, 6.07) is 5.15. The fourth-order valence-electron chi connectivity index (χ4n) is 2.90. The Morgan fingerprint density at radius 3 is 2.70 bits per heavy atom. The molecular weight excluding hydrogens is 361 g/mol. The third-order valence-electron chi connectivity index (χ3n) is 4.62. The van der Waals surface area contributed by atoms with Crippen LogP contribution >= 0.6 is 12.2 Å². The van der Waals surface area contributed by atoms with Gasteiger partial charge in [0.15, 0.2) is 0 Å². The lowest BCUT2D eigenvalue weighted by Crippen LogP contribution is -2.26. The van der Waals surface area contributed by atoms with Gasteiger partial charge in [0.25, 0.3) is 5.91 Å². The van der Waals surface area contributed by atoms with Crippen molar-refractivity contribution < 1.29 is 9.18 Å². The number of carbonyl (C=O) groups excluding carboxylic acids is 1. The van der Waals surface area contributed by atoms with Gasteiger partial charge in [-0.2, -0.15) is 0 Å². The molecule has 3 rings (SSSR count). The first-order valence-corrected chi connectivity index (χ1v) is 9.67. The minimum Gasteiger partial charge on any atom is -0.349 e. The number of benzene rings is 1. The van der Waals surface area contributed by atoms with Gasteiger partial charge in [0.05, 0.1) is 21.9 Å². The third kappa shape index (κ3) is 4.69. The van der Waals surface area contributed by atoms with E-state index in [1.54, 1.807) is 12.3 Å². The summed E-state index contributed by atoms with van der Waals surface area (Å²) in [5.41, 5.74) is 4.10. The van der Waals surface area contributed by atoms with E-state index in [0.717, 1.165) is 58.7 Å². The second kappa shape index (κ2) is 8.13. The Balaban J connectivity index is 1.95. The van der Waals surface area contributed by atoms with Crippen molar-refractivity contribution in [3.8, 4) is 11.1 Å². The Labute approximate surface area is 164 Å². The van der Waals surface area contributed by atoms with Crippen LogP contribution in [0.3, 0.4) is 0 Å². The second-order valence-electron chi connectivity index (χ2n) is 7.05. The SMILES string of the molecule is CCCC(=S)Nc1cc(-c2cc(C(=O)NC3CC3)c(F)cc2C)cnc1C. The zero-order valence-electron chi connectivity index (χ0n) is 15.9. The van der Waals surface area contributed by atoms with Gasteiger partial charge in [-0.25, -0.2) is 4.39 Å². The molecule has 1 aromatic carbocycles. The van der Waals surface area contributed by atoms with E-state index in [1.165, 1.54) is 6.07 Å². The summed E-state index contributed by atoms with van der Waals surface area (Å²) in [6.07, 6.45) is 5.43. The maximum absolute atomic E-state index is 14.4. The molecule has 1 aliphatic rings. The molecule has 142 valence electrons. The number of anilines is 1. The fourth-order valence-corrected chi connectivity index (χ4v) is 3.21. The van der Waals surface area contributed by atoms with Gasteiger partial charge in [0, 0.05) is 17.8 Å². The zero-order valence-corrected chi connectivity index (χ0v) is 16.7. The molecule has 4 nitrogen and oxygen atoms in total. The molecule has 2 N–H and O–H groups in total.